The van der Waals surface area contributed by atoms with E-state index in [0.29, 0.717) is 29.5 Å². The van der Waals surface area contributed by atoms with E-state index in [9.17, 15) is 9.59 Å². The number of hydrogen-bond donors (Lipinski definition) is 1. The van der Waals surface area contributed by atoms with Gasteiger partial charge in [-0.05, 0) is 55.9 Å². The van der Waals surface area contributed by atoms with E-state index in [0.717, 1.165) is 50.1 Å². The predicted octanol–water partition coefficient (Wildman–Crippen LogP) is 5.03. The van der Waals surface area contributed by atoms with Gasteiger partial charge in [-0.2, -0.15) is 0 Å². The number of carbonyl (C=O) groups excluding carboxylic acids is 2. The van der Waals surface area contributed by atoms with E-state index < -0.39 is 0 Å². The minimum absolute atomic E-state index is 0.247. The Balaban J connectivity index is 2.61. The molecule has 0 aromatic heterocycles. The Morgan fingerprint density at radius 3 is 2.44 bits per heavy atom. The number of hydrogen-bond acceptors (Lipinski definition) is 2. The fourth-order valence-corrected chi connectivity index (χ4v) is 4.75. The molecule has 1 aromatic carbocycles. The molecule has 1 rings (SSSR count). The molecule has 140 valence electrons. The highest BCUT2D eigenvalue weighted by atomic mass is 79.9. The highest BCUT2D eigenvalue weighted by Gasteiger charge is 2.23. The van der Waals surface area contributed by atoms with Crippen LogP contribution in [-0.2, 0) is 16.0 Å². The van der Waals surface area contributed by atoms with Crippen molar-refractivity contribution in [2.24, 2.45) is 17.6 Å². The van der Waals surface area contributed by atoms with Crippen LogP contribution in [0, 0.1) is 11.8 Å². The molecule has 5 heteroatoms. The first kappa shape index (κ1) is 22.4. The molecule has 1 aromatic rings. The largest absolute Gasteiger partial charge is 0.370 e. The standard InChI is InChI=1S/C20H29Br2NO2/c21-15-18(10-9-16-6-2-1-3-7-16)17(8-4-5-13-24)14-19(22)11-12-20(23)25/h1-3,6-7,13,17-19H,4-5,8-12,14-15H2,(H2,23,25). The first-order chi connectivity index (χ1) is 12.1. The Kier molecular flexibility index (Phi) is 12.1. The molecule has 0 spiro atoms. The monoisotopic (exact) mass is 473 g/mol. The number of aldehydes is 1. The minimum atomic E-state index is -0.247. The number of benzene rings is 1. The molecule has 0 bridgehead atoms. The smallest absolute Gasteiger partial charge is 0.217 e. The molecule has 0 radical (unpaired) electrons. The first-order valence-electron chi connectivity index (χ1n) is 9.02. The summed E-state index contributed by atoms with van der Waals surface area (Å²) >= 11 is 7.41. The van der Waals surface area contributed by atoms with Gasteiger partial charge in [0.1, 0.15) is 6.29 Å². The highest BCUT2D eigenvalue weighted by molar-refractivity contribution is 9.09. The van der Waals surface area contributed by atoms with Crippen molar-refractivity contribution >= 4 is 44.1 Å². The number of nitrogens with two attached hydrogens (primary N) is 1. The average molecular weight is 475 g/mol. The van der Waals surface area contributed by atoms with Crippen LogP contribution in [0.15, 0.2) is 30.3 Å². The zero-order valence-corrected chi connectivity index (χ0v) is 17.9. The van der Waals surface area contributed by atoms with Crippen LogP contribution in [0.5, 0.6) is 0 Å². The summed E-state index contributed by atoms with van der Waals surface area (Å²) in [5.74, 6) is 0.837. The maximum Gasteiger partial charge on any atom is 0.217 e. The van der Waals surface area contributed by atoms with Gasteiger partial charge in [-0.15, -0.1) is 0 Å². The summed E-state index contributed by atoms with van der Waals surface area (Å²) in [4.78, 5) is 22.0. The van der Waals surface area contributed by atoms with Crippen LogP contribution in [0.2, 0.25) is 0 Å². The summed E-state index contributed by atoms with van der Waals surface area (Å²) in [6.07, 6.45) is 7.98. The first-order valence-corrected chi connectivity index (χ1v) is 11.1. The molecular weight excluding hydrogens is 446 g/mol. The van der Waals surface area contributed by atoms with Gasteiger partial charge < -0.3 is 10.5 Å². The van der Waals surface area contributed by atoms with Crippen LogP contribution in [0.3, 0.4) is 0 Å². The fraction of sp³-hybridized carbons (Fsp3) is 0.600. The lowest BCUT2D eigenvalue weighted by atomic mass is 9.82. The molecule has 3 unspecified atom stereocenters. The van der Waals surface area contributed by atoms with E-state index in [1.54, 1.807) is 0 Å². The van der Waals surface area contributed by atoms with Crippen LogP contribution >= 0.6 is 31.9 Å². The maximum absolute atomic E-state index is 11.0. The molecule has 0 fully saturated rings. The van der Waals surface area contributed by atoms with Gasteiger partial charge in [0.2, 0.25) is 5.91 Å². The van der Waals surface area contributed by atoms with Crippen molar-refractivity contribution in [1.29, 1.82) is 0 Å². The topological polar surface area (TPSA) is 60.2 Å². The molecule has 3 nitrogen and oxygen atoms in total. The van der Waals surface area contributed by atoms with Gasteiger partial charge in [0.15, 0.2) is 0 Å². The van der Waals surface area contributed by atoms with Gasteiger partial charge in [-0.3, -0.25) is 4.79 Å². The second-order valence-electron chi connectivity index (χ2n) is 6.63. The zero-order chi connectivity index (χ0) is 18.5. The number of unbranched alkanes of at least 4 members (excludes halogenated alkanes) is 1. The van der Waals surface area contributed by atoms with Crippen molar-refractivity contribution < 1.29 is 9.59 Å². The molecule has 25 heavy (non-hydrogen) atoms. The molecule has 0 aliphatic heterocycles. The van der Waals surface area contributed by atoms with Gasteiger partial charge in [0.25, 0.3) is 0 Å². The highest BCUT2D eigenvalue weighted by Crippen LogP contribution is 2.32. The molecule has 0 aliphatic rings. The minimum Gasteiger partial charge on any atom is -0.370 e. The van der Waals surface area contributed by atoms with E-state index >= 15 is 0 Å². The molecule has 0 saturated heterocycles. The molecule has 2 N–H and O–H groups in total. The van der Waals surface area contributed by atoms with Crippen LogP contribution in [0.1, 0.15) is 50.5 Å². The molecule has 1 amide bonds. The fourth-order valence-electron chi connectivity index (χ4n) is 3.19. The van der Waals surface area contributed by atoms with Crippen LogP contribution in [0.25, 0.3) is 0 Å². The SMILES string of the molecule is NC(=O)CCC(Br)CC(CCCC=O)C(CBr)CCc1ccccc1. The number of halogens is 2. The number of aryl methyl sites for hydroxylation is 1. The van der Waals surface area contributed by atoms with Gasteiger partial charge >= 0.3 is 0 Å². The lowest BCUT2D eigenvalue weighted by Crippen LogP contribution is -2.22. The van der Waals surface area contributed by atoms with E-state index in [-0.39, 0.29) is 5.91 Å². The Bertz CT molecular complexity index is 496. The summed E-state index contributed by atoms with van der Waals surface area (Å²) in [7, 11) is 0. The van der Waals surface area contributed by atoms with Gasteiger partial charge in [0.05, 0.1) is 0 Å². The Labute approximate surface area is 168 Å². The molecule has 0 aliphatic carbocycles. The molecule has 0 saturated carbocycles. The summed E-state index contributed by atoms with van der Waals surface area (Å²) in [5.41, 5.74) is 6.63. The Morgan fingerprint density at radius 1 is 1.12 bits per heavy atom. The average Bonchev–Trinajstić information content (AvgIpc) is 2.61. The summed E-state index contributed by atoms with van der Waals surface area (Å²) in [6.45, 7) is 0. The van der Waals surface area contributed by atoms with Crippen LogP contribution in [0.4, 0.5) is 0 Å². The number of carbonyl (C=O) groups is 2. The van der Waals surface area contributed by atoms with Gasteiger partial charge in [-0.25, -0.2) is 0 Å². The van der Waals surface area contributed by atoms with Crippen molar-refractivity contribution in [3.63, 3.8) is 0 Å². The molecular formula is C20H29Br2NO2. The van der Waals surface area contributed by atoms with E-state index in [1.165, 1.54) is 5.56 Å². The Morgan fingerprint density at radius 2 is 1.84 bits per heavy atom. The van der Waals surface area contributed by atoms with Crippen molar-refractivity contribution in [2.75, 3.05) is 5.33 Å². The van der Waals surface area contributed by atoms with Gasteiger partial charge in [-0.1, -0.05) is 62.2 Å². The van der Waals surface area contributed by atoms with Crippen LogP contribution < -0.4 is 5.73 Å². The van der Waals surface area contributed by atoms with Crippen molar-refractivity contribution in [3.05, 3.63) is 35.9 Å². The third-order valence-electron chi connectivity index (χ3n) is 4.67. The number of primary amides is 1. The van der Waals surface area contributed by atoms with Crippen molar-refractivity contribution in [1.82, 2.24) is 0 Å². The molecule has 0 heterocycles. The van der Waals surface area contributed by atoms with Crippen LogP contribution in [-0.4, -0.2) is 22.4 Å². The summed E-state index contributed by atoms with van der Waals surface area (Å²) in [6, 6.07) is 10.6. The van der Waals surface area contributed by atoms with E-state index in [4.69, 9.17) is 5.73 Å². The van der Waals surface area contributed by atoms with Gasteiger partial charge in [0, 0.05) is 23.0 Å². The second-order valence-corrected chi connectivity index (χ2v) is 8.58. The number of alkyl halides is 2. The predicted molar refractivity (Wildman–Crippen MR) is 111 cm³/mol. The lowest BCUT2D eigenvalue weighted by molar-refractivity contribution is -0.118. The Hall–Kier alpha value is -0.680. The normalized spacial score (nSPS) is 14.6. The summed E-state index contributed by atoms with van der Waals surface area (Å²) < 4.78 is 0. The maximum atomic E-state index is 11.0. The number of rotatable bonds is 14. The van der Waals surface area contributed by atoms with E-state index in [1.807, 2.05) is 6.07 Å². The summed E-state index contributed by atoms with van der Waals surface area (Å²) in [5, 5.41) is 0.959. The van der Waals surface area contributed by atoms with E-state index in [2.05, 4.69) is 56.1 Å². The lowest BCUT2D eigenvalue weighted by Gasteiger charge is -2.28. The second kappa shape index (κ2) is 13.5. The quantitative estimate of drug-likeness (QED) is 0.233. The third-order valence-corrected chi connectivity index (χ3v) is 6.33. The van der Waals surface area contributed by atoms with Crippen molar-refractivity contribution in [3.8, 4) is 0 Å². The molecule has 3 atom stereocenters. The van der Waals surface area contributed by atoms with Crippen molar-refractivity contribution in [2.45, 2.75) is 56.2 Å². The number of amides is 1. The third kappa shape index (κ3) is 10.1. The zero-order valence-electron chi connectivity index (χ0n) is 14.7.